The van der Waals surface area contributed by atoms with Gasteiger partial charge < -0.3 is 4.74 Å². The molecule has 1 aliphatic carbocycles. The van der Waals surface area contributed by atoms with E-state index >= 15 is 0 Å². The van der Waals surface area contributed by atoms with Crippen LogP contribution in [0.1, 0.15) is 39.0 Å². The summed E-state index contributed by atoms with van der Waals surface area (Å²) in [6, 6.07) is 0. The van der Waals surface area contributed by atoms with Crippen molar-refractivity contribution >= 4 is 5.78 Å². The van der Waals surface area contributed by atoms with Gasteiger partial charge in [-0.2, -0.15) is 0 Å². The number of carbonyl (C=O) groups is 1. The summed E-state index contributed by atoms with van der Waals surface area (Å²) in [7, 11) is 1.65. The Hall–Kier alpha value is -0.890. The van der Waals surface area contributed by atoms with Crippen LogP contribution in [0.25, 0.3) is 0 Å². The Labute approximate surface area is 98.4 Å². The minimum Gasteiger partial charge on any atom is -0.383 e. The van der Waals surface area contributed by atoms with Gasteiger partial charge in [-0.25, -0.2) is 0 Å². The van der Waals surface area contributed by atoms with E-state index in [1.807, 2.05) is 12.2 Å². The molecule has 16 heavy (non-hydrogen) atoms. The van der Waals surface area contributed by atoms with Crippen LogP contribution in [0.5, 0.6) is 0 Å². The second kappa shape index (κ2) is 6.64. The van der Waals surface area contributed by atoms with Crippen LogP contribution in [0.2, 0.25) is 0 Å². The number of ether oxygens (including phenoxy) is 1. The SMILES string of the molecule is CCCCCC(=O)C1(COC)C=CCC=C1. The molecule has 90 valence electrons. The van der Waals surface area contributed by atoms with Gasteiger partial charge in [0.25, 0.3) is 0 Å². The second-order valence-electron chi connectivity index (χ2n) is 4.39. The number of allylic oxidation sites excluding steroid dienone is 2. The van der Waals surface area contributed by atoms with Gasteiger partial charge in [-0.05, 0) is 12.8 Å². The Morgan fingerprint density at radius 3 is 2.56 bits per heavy atom. The first kappa shape index (κ1) is 13.2. The predicted octanol–water partition coefficient (Wildman–Crippen LogP) is 3.28. The molecule has 0 radical (unpaired) electrons. The van der Waals surface area contributed by atoms with E-state index in [2.05, 4.69) is 19.1 Å². The maximum atomic E-state index is 12.2. The molecule has 0 heterocycles. The smallest absolute Gasteiger partial charge is 0.148 e. The third-order valence-corrected chi connectivity index (χ3v) is 3.01. The number of carbonyl (C=O) groups excluding carboxylic acids is 1. The van der Waals surface area contributed by atoms with Crippen molar-refractivity contribution in [3.8, 4) is 0 Å². The zero-order valence-electron chi connectivity index (χ0n) is 10.4. The summed E-state index contributed by atoms with van der Waals surface area (Å²) in [5.41, 5.74) is -0.485. The molecule has 0 aromatic heterocycles. The van der Waals surface area contributed by atoms with E-state index in [-0.39, 0.29) is 5.78 Å². The molecule has 0 saturated carbocycles. The Morgan fingerprint density at radius 2 is 2.00 bits per heavy atom. The summed E-state index contributed by atoms with van der Waals surface area (Å²) < 4.78 is 5.19. The summed E-state index contributed by atoms with van der Waals surface area (Å²) in [5.74, 6) is 0.287. The van der Waals surface area contributed by atoms with Crippen molar-refractivity contribution in [1.82, 2.24) is 0 Å². The molecular formula is C14H22O2. The van der Waals surface area contributed by atoms with Crippen molar-refractivity contribution in [2.45, 2.75) is 39.0 Å². The Balaban J connectivity index is 2.62. The van der Waals surface area contributed by atoms with Gasteiger partial charge in [0, 0.05) is 13.5 Å². The van der Waals surface area contributed by atoms with Crippen LogP contribution in [0.3, 0.4) is 0 Å². The van der Waals surface area contributed by atoms with Crippen LogP contribution in [-0.2, 0) is 9.53 Å². The van der Waals surface area contributed by atoms with Crippen molar-refractivity contribution < 1.29 is 9.53 Å². The summed E-state index contributed by atoms with van der Waals surface area (Å²) in [4.78, 5) is 12.2. The molecule has 0 amide bonds. The van der Waals surface area contributed by atoms with Crippen molar-refractivity contribution in [3.63, 3.8) is 0 Å². The average Bonchev–Trinajstić information content (AvgIpc) is 2.31. The number of rotatable bonds is 7. The zero-order valence-corrected chi connectivity index (χ0v) is 10.4. The summed E-state index contributed by atoms with van der Waals surface area (Å²) in [6.07, 6.45) is 13.0. The van der Waals surface area contributed by atoms with Crippen LogP contribution < -0.4 is 0 Å². The minimum absolute atomic E-state index is 0.287. The number of ketones is 1. The van der Waals surface area contributed by atoms with E-state index in [1.54, 1.807) is 7.11 Å². The van der Waals surface area contributed by atoms with E-state index in [0.717, 1.165) is 25.7 Å². The average molecular weight is 222 g/mol. The molecule has 1 rings (SSSR count). The molecule has 0 N–H and O–H groups in total. The lowest BCUT2D eigenvalue weighted by Crippen LogP contribution is -2.32. The molecule has 0 bridgehead atoms. The lowest BCUT2D eigenvalue weighted by molar-refractivity contribution is -0.126. The molecule has 0 fully saturated rings. The third kappa shape index (κ3) is 3.31. The van der Waals surface area contributed by atoms with Crippen molar-refractivity contribution in [2.24, 2.45) is 5.41 Å². The first-order valence-corrected chi connectivity index (χ1v) is 6.13. The lowest BCUT2D eigenvalue weighted by atomic mass is 9.79. The zero-order chi connectivity index (χ0) is 11.9. The van der Waals surface area contributed by atoms with Crippen molar-refractivity contribution in [1.29, 1.82) is 0 Å². The maximum Gasteiger partial charge on any atom is 0.148 e. The number of methoxy groups -OCH3 is 1. The van der Waals surface area contributed by atoms with E-state index in [1.165, 1.54) is 0 Å². The molecule has 0 aromatic carbocycles. The van der Waals surface area contributed by atoms with Crippen LogP contribution in [0.15, 0.2) is 24.3 Å². The van der Waals surface area contributed by atoms with Crippen LogP contribution in [0, 0.1) is 5.41 Å². The monoisotopic (exact) mass is 222 g/mol. The number of hydrogen-bond donors (Lipinski definition) is 0. The lowest BCUT2D eigenvalue weighted by Gasteiger charge is -2.27. The van der Waals surface area contributed by atoms with E-state index in [0.29, 0.717) is 13.0 Å². The molecule has 0 unspecified atom stereocenters. The Kier molecular flexibility index (Phi) is 5.47. The molecular weight excluding hydrogens is 200 g/mol. The van der Waals surface area contributed by atoms with Gasteiger partial charge in [0.05, 0.1) is 12.0 Å². The summed E-state index contributed by atoms with van der Waals surface area (Å²) >= 11 is 0. The van der Waals surface area contributed by atoms with Gasteiger partial charge in [0.2, 0.25) is 0 Å². The Morgan fingerprint density at radius 1 is 1.31 bits per heavy atom. The van der Waals surface area contributed by atoms with Crippen LogP contribution in [-0.4, -0.2) is 19.5 Å². The molecule has 0 spiro atoms. The molecule has 0 aromatic rings. The van der Waals surface area contributed by atoms with Gasteiger partial charge in [0.15, 0.2) is 0 Å². The van der Waals surface area contributed by atoms with Crippen molar-refractivity contribution in [3.05, 3.63) is 24.3 Å². The molecule has 2 heteroatoms. The fraction of sp³-hybridized carbons (Fsp3) is 0.643. The van der Waals surface area contributed by atoms with Gasteiger partial charge in [-0.3, -0.25) is 4.79 Å². The fourth-order valence-electron chi connectivity index (χ4n) is 2.06. The van der Waals surface area contributed by atoms with E-state index in [9.17, 15) is 4.79 Å². The second-order valence-corrected chi connectivity index (χ2v) is 4.39. The highest BCUT2D eigenvalue weighted by molar-refractivity contribution is 5.89. The maximum absolute atomic E-state index is 12.2. The summed E-state index contributed by atoms with van der Waals surface area (Å²) in [5, 5.41) is 0. The topological polar surface area (TPSA) is 26.3 Å². The molecule has 0 atom stereocenters. The number of Topliss-reactive ketones (excluding diaryl/α,β-unsaturated/α-hetero) is 1. The molecule has 2 nitrogen and oxygen atoms in total. The highest BCUT2D eigenvalue weighted by atomic mass is 16.5. The van der Waals surface area contributed by atoms with Crippen LogP contribution in [0.4, 0.5) is 0 Å². The third-order valence-electron chi connectivity index (χ3n) is 3.01. The van der Waals surface area contributed by atoms with E-state index < -0.39 is 5.41 Å². The summed E-state index contributed by atoms with van der Waals surface area (Å²) in [6.45, 7) is 2.61. The highest BCUT2D eigenvalue weighted by Crippen LogP contribution is 2.29. The first-order valence-electron chi connectivity index (χ1n) is 6.13. The first-order chi connectivity index (χ1) is 7.75. The highest BCUT2D eigenvalue weighted by Gasteiger charge is 2.32. The van der Waals surface area contributed by atoms with Gasteiger partial charge >= 0.3 is 0 Å². The van der Waals surface area contributed by atoms with Gasteiger partial charge in [-0.1, -0.05) is 44.1 Å². The quantitative estimate of drug-likeness (QED) is 0.488. The molecule has 0 aliphatic heterocycles. The van der Waals surface area contributed by atoms with Crippen LogP contribution >= 0.6 is 0 Å². The Bertz CT molecular complexity index is 264. The molecule has 1 aliphatic rings. The van der Waals surface area contributed by atoms with Gasteiger partial charge in [0.1, 0.15) is 5.78 Å². The normalized spacial score (nSPS) is 17.6. The largest absolute Gasteiger partial charge is 0.383 e. The fourth-order valence-corrected chi connectivity index (χ4v) is 2.06. The molecule has 0 saturated heterocycles. The van der Waals surface area contributed by atoms with Crippen molar-refractivity contribution in [2.75, 3.05) is 13.7 Å². The number of unbranched alkanes of at least 4 members (excludes halogenated alkanes) is 2. The minimum atomic E-state index is -0.485. The van der Waals surface area contributed by atoms with Gasteiger partial charge in [-0.15, -0.1) is 0 Å². The standard InChI is InChI=1S/C14H22O2/c1-3-4-6-9-13(15)14(12-16-2)10-7-5-8-11-14/h7-8,10-11H,3-6,9,12H2,1-2H3. The number of hydrogen-bond acceptors (Lipinski definition) is 2. The van der Waals surface area contributed by atoms with E-state index in [4.69, 9.17) is 4.74 Å². The predicted molar refractivity (Wildman–Crippen MR) is 66.4 cm³/mol.